The molecule has 3 heterocycles. The molecule has 6 aromatic rings. The van der Waals surface area contributed by atoms with E-state index in [0.717, 1.165) is 50.1 Å². The number of furan rings is 1. The molecule has 0 bridgehead atoms. The molecule has 0 saturated carbocycles. The first-order chi connectivity index (χ1) is 20.2. The largest absolute Gasteiger partial charge is 0.460 e. The van der Waals surface area contributed by atoms with Crippen molar-refractivity contribution in [3.8, 4) is 11.1 Å². The first-order valence-electron chi connectivity index (χ1n) is 13.4. The molecule has 0 radical (unpaired) electrons. The monoisotopic (exact) mass is 584 g/mol. The number of benzene rings is 3. The molecule has 0 amide bonds. The Kier molecular flexibility index (Phi) is 7.44. The van der Waals surface area contributed by atoms with Gasteiger partial charge in [-0.1, -0.05) is 24.3 Å². The lowest BCUT2D eigenvalue weighted by atomic mass is 10.0. The Balaban J connectivity index is 1.23. The second kappa shape index (κ2) is 11.3. The summed E-state index contributed by atoms with van der Waals surface area (Å²) < 4.78 is 44.3. The summed E-state index contributed by atoms with van der Waals surface area (Å²) in [5, 5.41) is 13.0. The Morgan fingerprint density at radius 3 is 2.71 bits per heavy atom. The predicted molar refractivity (Wildman–Crippen MR) is 162 cm³/mol. The second-order valence-electron chi connectivity index (χ2n) is 10.3. The van der Waals surface area contributed by atoms with Gasteiger partial charge in [0.2, 0.25) is 0 Å². The highest BCUT2D eigenvalue weighted by Gasteiger charge is 2.15. The number of sulfone groups is 1. The van der Waals surface area contributed by atoms with Crippen LogP contribution in [-0.4, -0.2) is 46.7 Å². The van der Waals surface area contributed by atoms with E-state index in [1.54, 1.807) is 12.3 Å². The van der Waals surface area contributed by atoms with Crippen LogP contribution >= 0.6 is 0 Å². The first kappa shape index (κ1) is 27.6. The van der Waals surface area contributed by atoms with Gasteiger partial charge in [0.15, 0.2) is 0 Å². The Hall–Kier alpha value is -4.61. The van der Waals surface area contributed by atoms with Crippen molar-refractivity contribution < 1.29 is 17.2 Å². The maximum Gasteiger partial charge on any atom is 0.148 e. The van der Waals surface area contributed by atoms with Crippen molar-refractivity contribution in [1.82, 2.24) is 25.1 Å². The molecule has 3 aromatic carbocycles. The van der Waals surface area contributed by atoms with E-state index in [2.05, 4.69) is 25.7 Å². The molecule has 0 fully saturated rings. The summed E-state index contributed by atoms with van der Waals surface area (Å²) in [7, 11) is -3.02. The molecule has 2 N–H and O–H groups in total. The SMILES string of the molecule is Cc1ncnc(Nc2ccc3c(cnn3Cc3cccc(F)c3)c2)c1-c1ccc2cc(CNCCS(C)(=O)=O)oc2c1. The molecule has 214 valence electrons. The highest BCUT2D eigenvalue weighted by molar-refractivity contribution is 7.90. The summed E-state index contributed by atoms with van der Waals surface area (Å²) in [5.41, 5.74) is 5.90. The molecule has 9 nitrogen and oxygen atoms in total. The zero-order valence-corrected chi connectivity index (χ0v) is 24.0. The van der Waals surface area contributed by atoms with Crippen LogP contribution in [-0.2, 0) is 22.9 Å². The van der Waals surface area contributed by atoms with Crippen LogP contribution in [0.2, 0.25) is 0 Å². The molecule has 6 rings (SSSR count). The lowest BCUT2D eigenvalue weighted by molar-refractivity contribution is 0.518. The molecule has 0 atom stereocenters. The molecule has 0 aliphatic rings. The van der Waals surface area contributed by atoms with Crippen molar-refractivity contribution in [3.05, 3.63) is 102 Å². The summed E-state index contributed by atoms with van der Waals surface area (Å²) >= 11 is 0. The summed E-state index contributed by atoms with van der Waals surface area (Å²) in [6.45, 7) is 3.19. The van der Waals surface area contributed by atoms with Crippen molar-refractivity contribution in [2.75, 3.05) is 23.9 Å². The Morgan fingerprint density at radius 2 is 1.88 bits per heavy atom. The molecular formula is C31H29FN6O3S. The minimum absolute atomic E-state index is 0.0740. The van der Waals surface area contributed by atoms with Crippen molar-refractivity contribution in [2.24, 2.45) is 0 Å². The third-order valence-electron chi connectivity index (χ3n) is 6.97. The van der Waals surface area contributed by atoms with Gasteiger partial charge >= 0.3 is 0 Å². The Bertz CT molecular complexity index is 2020. The van der Waals surface area contributed by atoms with Gasteiger partial charge in [-0.3, -0.25) is 4.68 Å². The maximum absolute atomic E-state index is 13.6. The molecule has 11 heteroatoms. The zero-order chi connectivity index (χ0) is 29.3. The predicted octanol–water partition coefficient (Wildman–Crippen LogP) is 5.61. The summed E-state index contributed by atoms with van der Waals surface area (Å²) in [6, 6.07) is 20.4. The fraction of sp³-hybridized carbons (Fsp3) is 0.194. The van der Waals surface area contributed by atoms with Gasteiger partial charge in [0.1, 0.15) is 39.1 Å². The maximum atomic E-state index is 13.6. The molecule has 0 spiro atoms. The van der Waals surface area contributed by atoms with Crippen molar-refractivity contribution in [3.63, 3.8) is 0 Å². The molecule has 42 heavy (non-hydrogen) atoms. The number of fused-ring (bicyclic) bond motifs is 2. The first-order valence-corrected chi connectivity index (χ1v) is 15.5. The van der Waals surface area contributed by atoms with Gasteiger partial charge in [0.25, 0.3) is 0 Å². The minimum atomic E-state index is -3.02. The van der Waals surface area contributed by atoms with Gasteiger partial charge in [-0.05, 0) is 60.5 Å². The number of nitrogens with one attached hydrogen (secondary N) is 2. The third kappa shape index (κ3) is 6.17. The number of halogens is 1. The van der Waals surface area contributed by atoms with Gasteiger partial charge in [0.05, 0.1) is 36.2 Å². The number of anilines is 2. The van der Waals surface area contributed by atoms with Crippen molar-refractivity contribution >= 4 is 43.2 Å². The van der Waals surface area contributed by atoms with Gasteiger partial charge in [-0.15, -0.1) is 0 Å². The average Bonchev–Trinajstić information content (AvgIpc) is 3.53. The van der Waals surface area contributed by atoms with E-state index in [-0.39, 0.29) is 11.6 Å². The molecule has 0 aliphatic heterocycles. The number of hydrogen-bond donors (Lipinski definition) is 2. The number of aromatic nitrogens is 4. The number of rotatable bonds is 10. The highest BCUT2D eigenvalue weighted by Crippen LogP contribution is 2.34. The van der Waals surface area contributed by atoms with Crippen LogP contribution < -0.4 is 10.6 Å². The zero-order valence-electron chi connectivity index (χ0n) is 23.1. The van der Waals surface area contributed by atoms with Crippen LogP contribution in [0.3, 0.4) is 0 Å². The Morgan fingerprint density at radius 1 is 1.00 bits per heavy atom. The minimum Gasteiger partial charge on any atom is -0.460 e. The normalized spacial score (nSPS) is 11.9. The number of nitrogens with zero attached hydrogens (tertiary/aromatic N) is 4. The highest BCUT2D eigenvalue weighted by atomic mass is 32.2. The standard InChI is InChI=1S/C31H29FN6O3S/c1-20-30(23-7-6-22-14-27(41-29(22)15-23)17-33-10-11-42(2,39)40)31(35-19-34-20)37-26-8-9-28-24(13-26)16-36-38(28)18-21-4-3-5-25(32)12-21/h3-9,12-16,19,33H,10-11,17-18H2,1-2H3,(H,34,35,37). The van der Waals surface area contributed by atoms with Crippen molar-refractivity contribution in [1.29, 1.82) is 0 Å². The fourth-order valence-electron chi connectivity index (χ4n) is 4.95. The van der Waals surface area contributed by atoms with E-state index >= 15 is 0 Å². The number of hydrogen-bond acceptors (Lipinski definition) is 8. The lowest BCUT2D eigenvalue weighted by Gasteiger charge is -2.13. The fourth-order valence-corrected chi connectivity index (χ4v) is 5.46. The van der Waals surface area contributed by atoms with E-state index in [9.17, 15) is 12.8 Å². The second-order valence-corrected chi connectivity index (χ2v) is 12.5. The van der Waals surface area contributed by atoms with Crippen LogP contribution in [0.25, 0.3) is 33.0 Å². The Labute approximate surface area is 242 Å². The van der Waals surface area contributed by atoms with Gasteiger partial charge < -0.3 is 15.1 Å². The van der Waals surface area contributed by atoms with Crippen molar-refractivity contribution in [2.45, 2.75) is 20.0 Å². The van der Waals surface area contributed by atoms with E-state index in [1.165, 1.54) is 24.7 Å². The molecule has 0 aliphatic carbocycles. The quantitative estimate of drug-likeness (QED) is 0.200. The van der Waals surface area contributed by atoms with E-state index < -0.39 is 9.84 Å². The lowest BCUT2D eigenvalue weighted by Crippen LogP contribution is -2.21. The molecular weight excluding hydrogens is 555 g/mol. The van der Waals surface area contributed by atoms with E-state index in [4.69, 9.17) is 4.42 Å². The van der Waals surface area contributed by atoms with E-state index in [0.29, 0.717) is 31.0 Å². The van der Waals surface area contributed by atoms with Crippen LogP contribution in [0.5, 0.6) is 0 Å². The summed E-state index contributed by atoms with van der Waals surface area (Å²) in [6.07, 6.45) is 4.55. The van der Waals surface area contributed by atoms with E-state index in [1.807, 2.05) is 60.1 Å². The number of aryl methyl sites for hydroxylation is 1. The van der Waals surface area contributed by atoms with Gasteiger partial charge in [-0.2, -0.15) is 5.10 Å². The van der Waals surface area contributed by atoms with Gasteiger partial charge in [0, 0.05) is 34.8 Å². The van der Waals surface area contributed by atoms with Crippen LogP contribution in [0.1, 0.15) is 17.0 Å². The molecule has 0 unspecified atom stereocenters. The van der Waals surface area contributed by atoms with Crippen LogP contribution in [0, 0.1) is 12.7 Å². The topological polar surface area (TPSA) is 115 Å². The van der Waals surface area contributed by atoms with Crippen LogP contribution in [0.15, 0.2) is 83.7 Å². The van der Waals surface area contributed by atoms with Gasteiger partial charge in [-0.25, -0.2) is 22.8 Å². The smallest absolute Gasteiger partial charge is 0.148 e. The van der Waals surface area contributed by atoms with Crippen LogP contribution in [0.4, 0.5) is 15.9 Å². The third-order valence-corrected chi connectivity index (χ3v) is 7.92. The molecule has 3 aromatic heterocycles. The summed E-state index contributed by atoms with van der Waals surface area (Å²) in [5.74, 6) is 1.19. The molecule has 0 saturated heterocycles. The average molecular weight is 585 g/mol. The summed E-state index contributed by atoms with van der Waals surface area (Å²) in [4.78, 5) is 8.98.